The molecule has 3 fully saturated rings. The van der Waals surface area contributed by atoms with Gasteiger partial charge in [0.15, 0.2) is 0 Å². The Kier molecular flexibility index (Phi) is 3.92. The summed E-state index contributed by atoms with van der Waals surface area (Å²) in [7, 11) is 0. The van der Waals surface area contributed by atoms with Crippen LogP contribution in [0.4, 0.5) is 0 Å². The number of hydrogen-bond donors (Lipinski definition) is 0. The zero-order valence-electron chi connectivity index (χ0n) is 12.0. The molecule has 0 aliphatic carbocycles. The van der Waals surface area contributed by atoms with Crippen LogP contribution >= 0.6 is 0 Å². The van der Waals surface area contributed by atoms with E-state index in [2.05, 4.69) is 23.6 Å². The minimum atomic E-state index is 0.493. The van der Waals surface area contributed by atoms with E-state index in [-0.39, 0.29) is 0 Å². The van der Waals surface area contributed by atoms with Gasteiger partial charge in [0.2, 0.25) is 0 Å². The monoisotopic (exact) mass is 252 g/mol. The van der Waals surface area contributed by atoms with Crippen LogP contribution in [-0.4, -0.2) is 60.3 Å². The normalized spacial score (nSPS) is 40.0. The van der Waals surface area contributed by atoms with Gasteiger partial charge in [0, 0.05) is 37.8 Å². The summed E-state index contributed by atoms with van der Waals surface area (Å²) in [5.41, 5.74) is 0. The molecular weight excluding hydrogens is 224 g/mol. The van der Waals surface area contributed by atoms with Crippen molar-refractivity contribution in [3.05, 3.63) is 0 Å². The predicted octanol–water partition coefficient (Wildman–Crippen LogP) is 2.11. The van der Waals surface area contributed by atoms with Crippen molar-refractivity contribution in [2.45, 2.75) is 70.2 Å². The van der Waals surface area contributed by atoms with E-state index in [4.69, 9.17) is 4.74 Å². The Morgan fingerprint density at radius 2 is 2.11 bits per heavy atom. The molecule has 3 rings (SSSR count). The molecule has 104 valence electrons. The van der Waals surface area contributed by atoms with Gasteiger partial charge in [-0.1, -0.05) is 6.92 Å². The molecule has 3 nitrogen and oxygen atoms in total. The van der Waals surface area contributed by atoms with Crippen LogP contribution in [-0.2, 0) is 4.74 Å². The Morgan fingerprint density at radius 3 is 2.83 bits per heavy atom. The highest BCUT2D eigenvalue weighted by Crippen LogP contribution is 2.30. The Hall–Kier alpha value is -0.120. The Labute approximate surface area is 111 Å². The van der Waals surface area contributed by atoms with E-state index in [1.165, 1.54) is 51.7 Å². The van der Waals surface area contributed by atoms with Gasteiger partial charge >= 0.3 is 0 Å². The summed E-state index contributed by atoms with van der Waals surface area (Å²) >= 11 is 0. The zero-order valence-corrected chi connectivity index (χ0v) is 12.0. The number of rotatable bonds is 3. The van der Waals surface area contributed by atoms with Gasteiger partial charge < -0.3 is 4.74 Å². The molecule has 0 aromatic heterocycles. The van der Waals surface area contributed by atoms with Crippen molar-refractivity contribution in [1.29, 1.82) is 0 Å². The van der Waals surface area contributed by atoms with Crippen LogP contribution in [0.2, 0.25) is 0 Å². The molecule has 4 atom stereocenters. The summed E-state index contributed by atoms with van der Waals surface area (Å²) in [6.45, 7) is 9.62. The number of fused-ring (bicyclic) bond motifs is 1. The van der Waals surface area contributed by atoms with Crippen molar-refractivity contribution in [2.24, 2.45) is 0 Å². The molecule has 3 heteroatoms. The van der Waals surface area contributed by atoms with Gasteiger partial charge in [-0.15, -0.1) is 0 Å². The van der Waals surface area contributed by atoms with Crippen molar-refractivity contribution in [3.63, 3.8) is 0 Å². The maximum Gasteiger partial charge on any atom is 0.0728 e. The molecule has 0 radical (unpaired) electrons. The van der Waals surface area contributed by atoms with Crippen molar-refractivity contribution in [3.8, 4) is 0 Å². The lowest BCUT2D eigenvalue weighted by atomic mass is 9.99. The van der Waals surface area contributed by atoms with Crippen molar-refractivity contribution in [1.82, 2.24) is 9.80 Å². The molecule has 0 bridgehead atoms. The molecule has 0 saturated carbocycles. The summed E-state index contributed by atoms with van der Waals surface area (Å²) in [4.78, 5) is 5.50. The predicted molar refractivity (Wildman–Crippen MR) is 73.8 cm³/mol. The van der Waals surface area contributed by atoms with Crippen LogP contribution in [0.1, 0.15) is 46.0 Å². The summed E-state index contributed by atoms with van der Waals surface area (Å²) in [5.74, 6) is 0. The molecule has 4 unspecified atom stereocenters. The minimum Gasteiger partial charge on any atom is -0.377 e. The van der Waals surface area contributed by atoms with Crippen LogP contribution in [0, 0.1) is 0 Å². The van der Waals surface area contributed by atoms with Crippen molar-refractivity contribution >= 4 is 0 Å². The van der Waals surface area contributed by atoms with E-state index in [1.807, 2.05) is 0 Å². The maximum absolute atomic E-state index is 5.92. The Balaban J connectivity index is 1.68. The van der Waals surface area contributed by atoms with Gasteiger partial charge in [-0.2, -0.15) is 0 Å². The maximum atomic E-state index is 5.92. The lowest BCUT2D eigenvalue weighted by Crippen LogP contribution is -2.60. The molecule has 0 spiro atoms. The van der Waals surface area contributed by atoms with Crippen LogP contribution < -0.4 is 0 Å². The molecular formula is C15H28N2O. The summed E-state index contributed by atoms with van der Waals surface area (Å²) in [6.07, 6.45) is 7.11. The number of nitrogens with zero attached hydrogens (tertiary/aromatic N) is 2. The lowest BCUT2D eigenvalue weighted by molar-refractivity contribution is -0.0313. The Morgan fingerprint density at radius 1 is 1.22 bits per heavy atom. The molecule has 3 saturated heterocycles. The summed E-state index contributed by atoms with van der Waals surface area (Å²) in [6, 6.07) is 2.19. The standard InChI is InChI=1S/C15H28N2O/c1-3-13-10-16-8-4-6-14(16)11-17(13)12(2)15-7-5-9-18-15/h12-15H,3-11H2,1-2H3. The fourth-order valence-corrected chi connectivity index (χ4v) is 4.17. The van der Waals surface area contributed by atoms with E-state index in [1.54, 1.807) is 0 Å². The fraction of sp³-hybridized carbons (Fsp3) is 1.00. The third-order valence-electron chi connectivity index (χ3n) is 5.33. The Bertz CT molecular complexity index is 278. The molecule has 18 heavy (non-hydrogen) atoms. The largest absolute Gasteiger partial charge is 0.377 e. The molecule has 3 heterocycles. The molecule has 0 N–H and O–H groups in total. The van der Waals surface area contributed by atoms with Gasteiger partial charge in [0.25, 0.3) is 0 Å². The van der Waals surface area contributed by atoms with Gasteiger partial charge in [0.1, 0.15) is 0 Å². The lowest BCUT2D eigenvalue weighted by Gasteiger charge is -2.47. The summed E-state index contributed by atoms with van der Waals surface area (Å²) < 4.78 is 5.92. The van der Waals surface area contributed by atoms with Crippen LogP contribution in [0.25, 0.3) is 0 Å². The topological polar surface area (TPSA) is 15.7 Å². The first kappa shape index (κ1) is 12.9. The quantitative estimate of drug-likeness (QED) is 0.765. The van der Waals surface area contributed by atoms with Crippen molar-refractivity contribution < 1.29 is 4.74 Å². The first-order valence-corrected chi connectivity index (χ1v) is 7.91. The van der Waals surface area contributed by atoms with E-state index >= 15 is 0 Å². The molecule has 0 aromatic carbocycles. The number of hydrogen-bond acceptors (Lipinski definition) is 3. The van der Waals surface area contributed by atoms with E-state index in [9.17, 15) is 0 Å². The SMILES string of the molecule is CCC1CN2CCCC2CN1C(C)C1CCCO1. The van der Waals surface area contributed by atoms with Gasteiger partial charge in [-0.3, -0.25) is 9.80 Å². The van der Waals surface area contributed by atoms with Crippen LogP contribution in [0.15, 0.2) is 0 Å². The van der Waals surface area contributed by atoms with E-state index in [0.717, 1.165) is 18.7 Å². The van der Waals surface area contributed by atoms with Gasteiger partial charge in [0.05, 0.1) is 6.10 Å². The zero-order chi connectivity index (χ0) is 12.5. The van der Waals surface area contributed by atoms with E-state index in [0.29, 0.717) is 12.1 Å². The third-order valence-corrected chi connectivity index (χ3v) is 5.33. The van der Waals surface area contributed by atoms with Gasteiger partial charge in [-0.25, -0.2) is 0 Å². The molecule has 0 amide bonds. The first-order chi connectivity index (χ1) is 8.79. The molecule has 3 aliphatic heterocycles. The molecule has 0 aromatic rings. The highest BCUT2D eigenvalue weighted by molar-refractivity contribution is 4.95. The number of piperazine rings is 1. The smallest absolute Gasteiger partial charge is 0.0728 e. The van der Waals surface area contributed by atoms with Crippen molar-refractivity contribution in [2.75, 3.05) is 26.2 Å². The van der Waals surface area contributed by atoms with E-state index < -0.39 is 0 Å². The minimum absolute atomic E-state index is 0.493. The highest BCUT2D eigenvalue weighted by Gasteiger charge is 2.39. The summed E-state index contributed by atoms with van der Waals surface area (Å²) in [5, 5.41) is 0. The average molecular weight is 252 g/mol. The second-order valence-corrected chi connectivity index (χ2v) is 6.34. The highest BCUT2D eigenvalue weighted by atomic mass is 16.5. The average Bonchev–Trinajstić information content (AvgIpc) is 3.06. The second kappa shape index (κ2) is 5.48. The van der Waals surface area contributed by atoms with Crippen LogP contribution in [0.3, 0.4) is 0 Å². The van der Waals surface area contributed by atoms with Gasteiger partial charge in [-0.05, 0) is 45.6 Å². The fourth-order valence-electron chi connectivity index (χ4n) is 4.17. The van der Waals surface area contributed by atoms with Crippen LogP contribution in [0.5, 0.6) is 0 Å². The third kappa shape index (κ3) is 2.33. The second-order valence-electron chi connectivity index (χ2n) is 6.34. The molecule has 3 aliphatic rings. The first-order valence-electron chi connectivity index (χ1n) is 7.91. The number of ether oxygens (including phenoxy) is 1.